The van der Waals surface area contributed by atoms with Crippen LogP contribution in [0, 0.1) is 11.2 Å². The summed E-state index contributed by atoms with van der Waals surface area (Å²) in [6.07, 6.45) is 5.30. The summed E-state index contributed by atoms with van der Waals surface area (Å²) >= 11 is 0. The average Bonchev–Trinajstić information content (AvgIpc) is 3.54. The van der Waals surface area contributed by atoms with Crippen LogP contribution in [0.15, 0.2) is 59.9 Å². The van der Waals surface area contributed by atoms with Crippen LogP contribution in [-0.2, 0) is 4.79 Å². The molecule has 1 heterocycles. The van der Waals surface area contributed by atoms with E-state index in [4.69, 9.17) is 10.5 Å². The minimum Gasteiger partial charge on any atom is -0.454 e. The van der Waals surface area contributed by atoms with Crippen molar-refractivity contribution in [3.63, 3.8) is 0 Å². The fourth-order valence-corrected chi connectivity index (χ4v) is 3.22. The molecular weight excluding hydrogens is 433 g/mol. The third-order valence-electron chi connectivity index (χ3n) is 5.50. The monoisotopic (exact) mass is 454 g/mol. The molecule has 1 amide bonds. The number of alkyl halides is 2. The van der Waals surface area contributed by atoms with E-state index in [9.17, 15) is 18.0 Å². The van der Waals surface area contributed by atoms with Gasteiger partial charge in [0.25, 0.3) is 0 Å². The highest BCUT2D eigenvalue weighted by molar-refractivity contribution is 6.10. The van der Waals surface area contributed by atoms with Crippen LogP contribution in [0.2, 0.25) is 0 Å². The second kappa shape index (κ2) is 8.93. The quantitative estimate of drug-likeness (QED) is 0.365. The minimum absolute atomic E-state index is 0.0196. The maximum Gasteiger partial charge on any atom is 0.331 e. The summed E-state index contributed by atoms with van der Waals surface area (Å²) in [5, 5.41) is 3.31. The van der Waals surface area contributed by atoms with Crippen molar-refractivity contribution < 1.29 is 22.7 Å². The van der Waals surface area contributed by atoms with E-state index in [1.807, 2.05) is 6.92 Å². The fourth-order valence-electron chi connectivity index (χ4n) is 3.22. The summed E-state index contributed by atoms with van der Waals surface area (Å²) in [6, 6.07) is 10.8. The van der Waals surface area contributed by atoms with Crippen LogP contribution in [0.1, 0.15) is 25.3 Å². The van der Waals surface area contributed by atoms with Gasteiger partial charge in [-0.2, -0.15) is 8.78 Å². The minimum atomic E-state index is -2.84. The lowest BCUT2D eigenvalue weighted by Gasteiger charge is -2.13. The SMILES string of the molecule is CC1(C(=O)Nc2ccc(Oc3ccnc4cc(C(=C/N)/C=N/C(F)F)ccc34)c(F)c2)CC1. The van der Waals surface area contributed by atoms with E-state index in [-0.39, 0.29) is 17.1 Å². The van der Waals surface area contributed by atoms with E-state index in [1.165, 1.54) is 24.5 Å². The fraction of sp³-hybridized carbons (Fsp3) is 0.208. The Morgan fingerprint density at radius 3 is 2.67 bits per heavy atom. The third kappa shape index (κ3) is 4.97. The molecule has 4 rings (SSSR count). The Hall–Kier alpha value is -3.88. The molecule has 1 fully saturated rings. The number of halogens is 3. The molecule has 1 saturated carbocycles. The van der Waals surface area contributed by atoms with Gasteiger partial charge in [0.05, 0.1) is 5.52 Å². The van der Waals surface area contributed by atoms with Crippen molar-refractivity contribution in [1.82, 2.24) is 4.98 Å². The van der Waals surface area contributed by atoms with Crippen molar-refractivity contribution in [2.45, 2.75) is 26.3 Å². The molecule has 0 aliphatic heterocycles. The van der Waals surface area contributed by atoms with Gasteiger partial charge in [-0.1, -0.05) is 13.0 Å². The lowest BCUT2D eigenvalue weighted by atomic mass is 10.0. The van der Waals surface area contributed by atoms with E-state index in [1.54, 1.807) is 30.3 Å². The molecule has 0 atom stereocenters. The topological polar surface area (TPSA) is 89.6 Å². The number of nitrogens with two attached hydrogens (primary N) is 1. The number of aromatic nitrogens is 1. The molecule has 9 heteroatoms. The number of fused-ring (bicyclic) bond motifs is 1. The molecule has 1 aliphatic carbocycles. The van der Waals surface area contributed by atoms with Crippen LogP contribution in [0.4, 0.5) is 18.9 Å². The van der Waals surface area contributed by atoms with Gasteiger partial charge in [0.1, 0.15) is 5.75 Å². The second-order valence-electron chi connectivity index (χ2n) is 7.98. The molecular formula is C24H21F3N4O2. The van der Waals surface area contributed by atoms with Gasteiger partial charge in [-0.05, 0) is 48.7 Å². The molecule has 0 bridgehead atoms. The van der Waals surface area contributed by atoms with E-state index in [2.05, 4.69) is 15.3 Å². The van der Waals surface area contributed by atoms with Crippen molar-refractivity contribution in [2.24, 2.45) is 16.1 Å². The first-order valence-electron chi connectivity index (χ1n) is 10.2. The summed E-state index contributed by atoms with van der Waals surface area (Å²) in [5.41, 5.74) is 6.86. The number of hydrogen-bond acceptors (Lipinski definition) is 5. The van der Waals surface area contributed by atoms with Crippen LogP contribution >= 0.6 is 0 Å². The summed E-state index contributed by atoms with van der Waals surface area (Å²) in [4.78, 5) is 19.5. The number of nitrogens with zero attached hydrogens (tertiary/aromatic N) is 2. The summed E-state index contributed by atoms with van der Waals surface area (Å²) in [5.74, 6) is -0.427. The van der Waals surface area contributed by atoms with Crippen LogP contribution in [0.3, 0.4) is 0 Å². The zero-order valence-corrected chi connectivity index (χ0v) is 17.7. The zero-order valence-electron chi connectivity index (χ0n) is 17.7. The lowest BCUT2D eigenvalue weighted by molar-refractivity contribution is -0.120. The number of carbonyl (C=O) groups is 1. The van der Waals surface area contributed by atoms with E-state index in [0.29, 0.717) is 33.5 Å². The first kappa shape index (κ1) is 22.3. The molecule has 0 radical (unpaired) electrons. The number of carbonyl (C=O) groups excluding carboxylic acids is 1. The maximum atomic E-state index is 14.7. The van der Waals surface area contributed by atoms with Crippen LogP contribution in [0.5, 0.6) is 11.5 Å². The Morgan fingerprint density at radius 1 is 1.21 bits per heavy atom. The Kier molecular flexibility index (Phi) is 6.04. The number of hydrogen-bond donors (Lipinski definition) is 2. The van der Waals surface area contributed by atoms with Gasteiger partial charge in [0.15, 0.2) is 11.6 Å². The highest BCUT2D eigenvalue weighted by Gasteiger charge is 2.44. The maximum absolute atomic E-state index is 14.7. The summed E-state index contributed by atoms with van der Waals surface area (Å²) in [6.45, 7) is -0.974. The molecule has 2 aromatic carbocycles. The van der Waals surface area contributed by atoms with Crippen LogP contribution in [-0.4, -0.2) is 23.7 Å². The summed E-state index contributed by atoms with van der Waals surface area (Å²) < 4.78 is 45.2. The number of rotatable bonds is 7. The largest absolute Gasteiger partial charge is 0.454 e. The van der Waals surface area contributed by atoms with Crippen molar-refractivity contribution in [1.29, 1.82) is 0 Å². The lowest BCUT2D eigenvalue weighted by Crippen LogP contribution is -2.21. The first-order chi connectivity index (χ1) is 15.8. The van der Waals surface area contributed by atoms with E-state index < -0.39 is 12.4 Å². The number of aliphatic imine (C=N–C) groups is 1. The van der Waals surface area contributed by atoms with Gasteiger partial charge < -0.3 is 15.8 Å². The van der Waals surface area contributed by atoms with Crippen molar-refractivity contribution >= 4 is 34.3 Å². The van der Waals surface area contributed by atoms with Gasteiger partial charge in [0.2, 0.25) is 5.91 Å². The molecule has 1 aliphatic rings. The van der Waals surface area contributed by atoms with Gasteiger partial charge in [-0.3, -0.25) is 9.78 Å². The number of nitrogens with one attached hydrogen (secondary N) is 1. The van der Waals surface area contributed by atoms with Crippen LogP contribution < -0.4 is 15.8 Å². The highest BCUT2D eigenvalue weighted by atomic mass is 19.3. The zero-order chi connectivity index (χ0) is 23.6. The molecule has 33 heavy (non-hydrogen) atoms. The smallest absolute Gasteiger partial charge is 0.331 e. The molecule has 3 N–H and O–H groups in total. The molecule has 0 spiro atoms. The molecule has 170 valence electrons. The van der Waals surface area contributed by atoms with E-state index >= 15 is 0 Å². The van der Waals surface area contributed by atoms with Crippen molar-refractivity contribution in [3.8, 4) is 11.5 Å². The molecule has 6 nitrogen and oxygen atoms in total. The predicted molar refractivity (Wildman–Crippen MR) is 121 cm³/mol. The number of pyridine rings is 1. The number of benzene rings is 2. The molecule has 0 unspecified atom stereocenters. The van der Waals surface area contributed by atoms with Gasteiger partial charge >= 0.3 is 6.55 Å². The third-order valence-corrected chi connectivity index (χ3v) is 5.50. The van der Waals surface area contributed by atoms with Gasteiger partial charge in [-0.15, -0.1) is 0 Å². The predicted octanol–water partition coefficient (Wildman–Crippen LogP) is 5.50. The number of ether oxygens (including phenoxy) is 1. The van der Waals surface area contributed by atoms with Gasteiger partial charge in [-0.25, -0.2) is 9.38 Å². The number of anilines is 1. The number of amides is 1. The number of allylic oxidation sites excluding steroid dienone is 1. The van der Waals surface area contributed by atoms with Gasteiger partial charge in [0, 0.05) is 46.7 Å². The molecule has 1 aromatic heterocycles. The molecule has 0 saturated heterocycles. The summed E-state index contributed by atoms with van der Waals surface area (Å²) in [7, 11) is 0. The average molecular weight is 454 g/mol. The Bertz CT molecular complexity index is 1270. The first-order valence-corrected chi connectivity index (χ1v) is 10.2. The normalized spacial score (nSPS) is 15.2. The molecule has 3 aromatic rings. The standard InChI is InChI=1S/C24H21F3N4O2/c1-24(7-8-24)22(32)31-16-3-5-21(18(25)11-16)33-20-6-9-29-19-10-14(2-4-17(19)20)15(12-28)13-30-23(26)27/h2-6,9-13,23H,7-8,28H2,1H3,(H,31,32)/b15-12+,30-13+. The van der Waals surface area contributed by atoms with Crippen molar-refractivity contribution in [2.75, 3.05) is 5.32 Å². The Morgan fingerprint density at radius 2 is 2.00 bits per heavy atom. The second-order valence-corrected chi connectivity index (χ2v) is 7.98. The van der Waals surface area contributed by atoms with Crippen LogP contribution in [0.25, 0.3) is 16.5 Å². The Labute approximate surface area is 188 Å². The van der Waals surface area contributed by atoms with E-state index in [0.717, 1.165) is 19.1 Å². The highest BCUT2D eigenvalue weighted by Crippen LogP contribution is 2.45. The Balaban J connectivity index is 1.57. The van der Waals surface area contributed by atoms with Crippen molar-refractivity contribution in [3.05, 3.63) is 66.2 Å².